The quantitative estimate of drug-likeness (QED) is 0.696. The van der Waals surface area contributed by atoms with Crippen molar-refractivity contribution in [3.05, 3.63) is 0 Å². The van der Waals surface area contributed by atoms with Crippen LogP contribution in [0.1, 0.15) is 27.2 Å². The second kappa shape index (κ2) is 6.21. The minimum atomic E-state index is -0.381. The molecule has 1 aliphatic rings. The summed E-state index contributed by atoms with van der Waals surface area (Å²) < 4.78 is 10.7. The van der Waals surface area contributed by atoms with E-state index in [1.54, 1.807) is 14.2 Å². The zero-order valence-electron chi connectivity index (χ0n) is 11.9. The van der Waals surface area contributed by atoms with Gasteiger partial charge in [-0.05, 0) is 0 Å². The van der Waals surface area contributed by atoms with Crippen molar-refractivity contribution in [2.45, 2.75) is 39.4 Å². The van der Waals surface area contributed by atoms with Gasteiger partial charge in [0.1, 0.15) is 12.2 Å². The third-order valence-corrected chi connectivity index (χ3v) is 2.97. The van der Waals surface area contributed by atoms with Gasteiger partial charge in [-0.15, -0.1) is 0 Å². The van der Waals surface area contributed by atoms with E-state index >= 15 is 0 Å². The molecule has 0 aliphatic carbocycles. The van der Waals surface area contributed by atoms with Crippen molar-refractivity contribution in [2.75, 3.05) is 27.3 Å². The Morgan fingerprint density at radius 2 is 1.94 bits per heavy atom. The molecular formula is C14H23NO3. The lowest BCUT2D eigenvalue weighted by Crippen LogP contribution is -2.48. The van der Waals surface area contributed by atoms with Crippen molar-refractivity contribution in [2.24, 2.45) is 5.41 Å². The number of hydrogen-bond acceptors (Lipinski definition) is 3. The highest BCUT2D eigenvalue weighted by Gasteiger charge is 2.31. The van der Waals surface area contributed by atoms with Crippen LogP contribution in [-0.2, 0) is 14.3 Å². The summed E-state index contributed by atoms with van der Waals surface area (Å²) >= 11 is 0. The summed E-state index contributed by atoms with van der Waals surface area (Å²) in [6.07, 6.45) is 0.206. The molecule has 0 saturated carbocycles. The summed E-state index contributed by atoms with van der Waals surface area (Å²) in [6.45, 7) is 6.96. The Hall–Kier alpha value is -1.05. The lowest BCUT2D eigenvalue weighted by Gasteiger charge is -2.33. The first-order valence-electron chi connectivity index (χ1n) is 6.23. The van der Waals surface area contributed by atoms with E-state index in [0.717, 1.165) is 0 Å². The van der Waals surface area contributed by atoms with Crippen LogP contribution in [0.5, 0.6) is 0 Å². The van der Waals surface area contributed by atoms with Gasteiger partial charge in [-0.25, -0.2) is 0 Å². The van der Waals surface area contributed by atoms with Crippen LogP contribution >= 0.6 is 0 Å². The number of carbonyl (C=O) groups excluding carboxylic acids is 1. The molecule has 0 radical (unpaired) electrons. The molecule has 2 atom stereocenters. The van der Waals surface area contributed by atoms with Gasteiger partial charge >= 0.3 is 0 Å². The zero-order chi connectivity index (χ0) is 13.8. The molecule has 1 heterocycles. The maximum Gasteiger partial charge on any atom is 0.228 e. The smallest absolute Gasteiger partial charge is 0.228 e. The summed E-state index contributed by atoms with van der Waals surface area (Å²) in [4.78, 5) is 14.1. The van der Waals surface area contributed by atoms with E-state index < -0.39 is 0 Å². The van der Waals surface area contributed by atoms with Gasteiger partial charge in [0.2, 0.25) is 5.91 Å². The molecule has 1 rings (SSSR count). The van der Waals surface area contributed by atoms with Crippen molar-refractivity contribution in [1.82, 2.24) is 4.90 Å². The van der Waals surface area contributed by atoms with E-state index in [-0.39, 0.29) is 23.5 Å². The maximum absolute atomic E-state index is 12.3. The van der Waals surface area contributed by atoms with E-state index in [1.807, 2.05) is 25.7 Å². The maximum atomic E-state index is 12.3. The molecule has 0 spiro atoms. The van der Waals surface area contributed by atoms with Gasteiger partial charge in [-0.1, -0.05) is 32.6 Å². The van der Waals surface area contributed by atoms with Crippen LogP contribution in [0.25, 0.3) is 0 Å². The molecule has 0 fully saturated rings. The molecule has 0 saturated heterocycles. The van der Waals surface area contributed by atoms with Crippen LogP contribution < -0.4 is 0 Å². The summed E-state index contributed by atoms with van der Waals surface area (Å²) in [5.41, 5.74) is -0.381. The minimum Gasteiger partial charge on any atom is -0.376 e. The second-order valence-corrected chi connectivity index (χ2v) is 5.50. The standard InChI is InChI=1S/C14H23NO3/c1-14(2,3)13(16)15-9-7-6-8-11(17-4)12(10-15)18-5/h11-12H,7,9-10H2,1-5H3. The molecular weight excluding hydrogens is 230 g/mol. The van der Waals surface area contributed by atoms with Crippen LogP contribution in [0.3, 0.4) is 0 Å². The Kier molecular flexibility index (Phi) is 5.18. The van der Waals surface area contributed by atoms with Crippen molar-refractivity contribution in [3.8, 4) is 11.8 Å². The number of hydrogen-bond donors (Lipinski definition) is 0. The lowest BCUT2D eigenvalue weighted by atomic mass is 9.94. The molecule has 4 heteroatoms. The average Bonchev–Trinajstić information content (AvgIpc) is 2.27. The summed E-state index contributed by atoms with van der Waals surface area (Å²) in [5.74, 6) is 6.20. The Morgan fingerprint density at radius 1 is 1.28 bits per heavy atom. The first-order chi connectivity index (χ1) is 8.40. The number of carbonyl (C=O) groups is 1. The molecule has 102 valence electrons. The van der Waals surface area contributed by atoms with Crippen LogP contribution in [0.15, 0.2) is 0 Å². The van der Waals surface area contributed by atoms with Crippen LogP contribution in [0.4, 0.5) is 0 Å². The average molecular weight is 253 g/mol. The molecule has 0 N–H and O–H groups in total. The van der Waals surface area contributed by atoms with Crippen LogP contribution in [-0.4, -0.2) is 50.3 Å². The predicted molar refractivity (Wildman–Crippen MR) is 70.0 cm³/mol. The number of ether oxygens (including phenoxy) is 2. The topological polar surface area (TPSA) is 38.8 Å². The van der Waals surface area contributed by atoms with Gasteiger partial charge in [0, 0.05) is 32.6 Å². The highest BCUT2D eigenvalue weighted by molar-refractivity contribution is 5.81. The number of nitrogens with zero attached hydrogens (tertiary/aromatic N) is 1. The van der Waals surface area contributed by atoms with Crippen molar-refractivity contribution < 1.29 is 14.3 Å². The summed E-state index contributed by atoms with van der Waals surface area (Å²) in [5, 5.41) is 0. The van der Waals surface area contributed by atoms with Gasteiger partial charge in [0.05, 0.1) is 6.54 Å². The fraction of sp³-hybridized carbons (Fsp3) is 0.786. The van der Waals surface area contributed by atoms with E-state index in [4.69, 9.17) is 9.47 Å². The van der Waals surface area contributed by atoms with Gasteiger partial charge in [0.25, 0.3) is 0 Å². The largest absolute Gasteiger partial charge is 0.376 e. The van der Waals surface area contributed by atoms with Gasteiger partial charge in [0.15, 0.2) is 0 Å². The van der Waals surface area contributed by atoms with Gasteiger partial charge in [-0.2, -0.15) is 0 Å². The fourth-order valence-corrected chi connectivity index (χ4v) is 1.93. The monoisotopic (exact) mass is 253 g/mol. The first kappa shape index (κ1) is 15.0. The van der Waals surface area contributed by atoms with E-state index in [2.05, 4.69) is 11.8 Å². The van der Waals surface area contributed by atoms with Crippen molar-refractivity contribution >= 4 is 5.91 Å². The SMILES string of the molecule is COC1C#CCCN(C(=O)C(C)(C)C)CC1OC. The Morgan fingerprint density at radius 3 is 2.44 bits per heavy atom. The van der Waals surface area contributed by atoms with Gasteiger partial charge < -0.3 is 14.4 Å². The normalized spacial score (nSPS) is 24.8. The zero-order valence-corrected chi connectivity index (χ0v) is 11.9. The van der Waals surface area contributed by atoms with Crippen LogP contribution in [0.2, 0.25) is 0 Å². The molecule has 0 bridgehead atoms. The molecule has 0 aromatic heterocycles. The van der Waals surface area contributed by atoms with Crippen molar-refractivity contribution in [1.29, 1.82) is 0 Å². The summed E-state index contributed by atoms with van der Waals surface area (Å²) in [6, 6.07) is 0. The second-order valence-electron chi connectivity index (χ2n) is 5.50. The third-order valence-electron chi connectivity index (χ3n) is 2.97. The molecule has 2 unspecified atom stereocenters. The Labute approximate surface area is 110 Å². The minimum absolute atomic E-state index is 0.128. The molecule has 4 nitrogen and oxygen atoms in total. The molecule has 1 aliphatic heterocycles. The van der Waals surface area contributed by atoms with E-state index in [9.17, 15) is 4.79 Å². The molecule has 0 aromatic carbocycles. The Balaban J connectivity index is 2.86. The van der Waals surface area contributed by atoms with Crippen molar-refractivity contribution in [3.63, 3.8) is 0 Å². The van der Waals surface area contributed by atoms with E-state index in [0.29, 0.717) is 19.5 Å². The lowest BCUT2D eigenvalue weighted by molar-refractivity contribution is -0.142. The highest BCUT2D eigenvalue weighted by Crippen LogP contribution is 2.19. The predicted octanol–water partition coefficient (Wildman–Crippen LogP) is 1.30. The molecule has 1 amide bonds. The first-order valence-corrected chi connectivity index (χ1v) is 6.23. The number of amides is 1. The highest BCUT2D eigenvalue weighted by atomic mass is 16.5. The fourth-order valence-electron chi connectivity index (χ4n) is 1.93. The molecule has 0 aromatic rings. The Bertz CT molecular complexity index is 348. The number of methoxy groups -OCH3 is 2. The molecule has 18 heavy (non-hydrogen) atoms. The van der Waals surface area contributed by atoms with E-state index in [1.165, 1.54) is 0 Å². The third kappa shape index (κ3) is 3.72. The number of rotatable bonds is 2. The van der Waals surface area contributed by atoms with Crippen LogP contribution in [0, 0.1) is 17.3 Å². The van der Waals surface area contributed by atoms with Gasteiger partial charge in [-0.3, -0.25) is 4.79 Å². The summed E-state index contributed by atoms with van der Waals surface area (Å²) in [7, 11) is 3.24.